The molecular formula is C24H30O5. The van der Waals surface area contributed by atoms with Gasteiger partial charge in [0.2, 0.25) is 0 Å². The van der Waals surface area contributed by atoms with E-state index in [4.69, 9.17) is 14.2 Å². The van der Waals surface area contributed by atoms with Crippen LogP contribution in [0.25, 0.3) is 0 Å². The number of aliphatic hydroxyl groups is 2. The van der Waals surface area contributed by atoms with E-state index in [0.29, 0.717) is 19.4 Å². The first kappa shape index (κ1) is 20.4. The summed E-state index contributed by atoms with van der Waals surface area (Å²) in [5.41, 5.74) is 4.75. The first-order valence-electron chi connectivity index (χ1n) is 10.5. The van der Waals surface area contributed by atoms with E-state index < -0.39 is 6.10 Å². The van der Waals surface area contributed by atoms with Gasteiger partial charge in [0.05, 0.1) is 38.1 Å². The average molecular weight is 398 g/mol. The first-order chi connectivity index (χ1) is 14.1. The molecule has 2 saturated heterocycles. The fourth-order valence-corrected chi connectivity index (χ4v) is 4.11. The van der Waals surface area contributed by atoms with Crippen molar-refractivity contribution in [3.63, 3.8) is 0 Å². The molecule has 0 aliphatic carbocycles. The minimum atomic E-state index is -0.437. The van der Waals surface area contributed by atoms with Crippen LogP contribution in [0, 0.1) is 6.92 Å². The van der Waals surface area contributed by atoms with Gasteiger partial charge in [-0.2, -0.15) is 0 Å². The minimum Gasteiger partial charge on any atom is -0.488 e. The number of aliphatic hydroxyl groups excluding tert-OH is 2. The molecule has 156 valence electrons. The maximum absolute atomic E-state index is 10.1. The largest absolute Gasteiger partial charge is 0.488 e. The molecule has 5 heteroatoms. The van der Waals surface area contributed by atoms with E-state index >= 15 is 0 Å². The average Bonchev–Trinajstić information content (AvgIpc) is 3.23. The summed E-state index contributed by atoms with van der Waals surface area (Å²) in [6, 6.07) is 14.6. The van der Waals surface area contributed by atoms with E-state index in [1.807, 2.05) is 12.1 Å². The Balaban J connectivity index is 1.45. The molecule has 4 atom stereocenters. The molecule has 0 aromatic heterocycles. The van der Waals surface area contributed by atoms with Gasteiger partial charge in [-0.15, -0.1) is 0 Å². The van der Waals surface area contributed by atoms with Crippen LogP contribution in [0.4, 0.5) is 0 Å². The number of benzene rings is 2. The smallest absolute Gasteiger partial charge is 0.124 e. The second kappa shape index (κ2) is 9.26. The second-order valence-electron chi connectivity index (χ2n) is 8.16. The normalized spacial score (nSPS) is 27.1. The molecule has 2 aromatic carbocycles. The Morgan fingerprint density at radius 3 is 2.66 bits per heavy atom. The van der Waals surface area contributed by atoms with Crippen molar-refractivity contribution < 1.29 is 24.4 Å². The molecular weight excluding hydrogens is 368 g/mol. The summed E-state index contributed by atoms with van der Waals surface area (Å²) in [5.74, 6) is 0.884. The van der Waals surface area contributed by atoms with Gasteiger partial charge in [0.1, 0.15) is 11.9 Å². The molecule has 2 fully saturated rings. The standard InChI is InChI=1S/C24H30O5/c1-16-2-5-18(24-13-20(26)12-23(14-25)29-24)11-19(16)10-17-3-6-21(7-4-17)28-22-8-9-27-15-22/h2-7,11,20,22-26H,8-10,12-15H2,1H3/t20?,22?,23-,24+/m0/s1. The highest BCUT2D eigenvalue weighted by Crippen LogP contribution is 2.33. The van der Waals surface area contributed by atoms with Crippen LogP contribution in [0.5, 0.6) is 5.75 Å². The van der Waals surface area contributed by atoms with Crippen LogP contribution in [-0.4, -0.2) is 48.3 Å². The molecule has 5 nitrogen and oxygen atoms in total. The molecule has 0 radical (unpaired) electrons. The Labute approximate surface area is 172 Å². The highest BCUT2D eigenvalue weighted by molar-refractivity contribution is 5.38. The van der Waals surface area contributed by atoms with Crippen LogP contribution in [0.15, 0.2) is 42.5 Å². The van der Waals surface area contributed by atoms with Crippen molar-refractivity contribution in [3.8, 4) is 5.75 Å². The van der Waals surface area contributed by atoms with Gasteiger partial charge in [0.15, 0.2) is 0 Å². The zero-order valence-electron chi connectivity index (χ0n) is 16.9. The summed E-state index contributed by atoms with van der Waals surface area (Å²) in [7, 11) is 0. The SMILES string of the molecule is Cc1ccc([C@H]2CC(O)C[C@@H](CO)O2)cc1Cc1ccc(OC2CCOC2)cc1. The van der Waals surface area contributed by atoms with Crippen molar-refractivity contribution in [1.82, 2.24) is 0 Å². The van der Waals surface area contributed by atoms with Gasteiger partial charge < -0.3 is 24.4 Å². The van der Waals surface area contributed by atoms with Crippen LogP contribution in [0.1, 0.15) is 47.6 Å². The molecule has 0 amide bonds. The van der Waals surface area contributed by atoms with E-state index in [1.54, 1.807) is 0 Å². The van der Waals surface area contributed by atoms with E-state index in [-0.39, 0.29) is 24.9 Å². The highest BCUT2D eigenvalue weighted by Gasteiger charge is 2.29. The molecule has 2 aliphatic heterocycles. The van der Waals surface area contributed by atoms with Crippen molar-refractivity contribution >= 4 is 0 Å². The molecule has 2 aliphatic rings. The van der Waals surface area contributed by atoms with Gasteiger partial charge in [0.25, 0.3) is 0 Å². The Morgan fingerprint density at radius 2 is 1.93 bits per heavy atom. The first-order valence-corrected chi connectivity index (χ1v) is 10.5. The lowest BCUT2D eigenvalue weighted by Crippen LogP contribution is -2.33. The van der Waals surface area contributed by atoms with Crippen molar-refractivity contribution in [2.24, 2.45) is 0 Å². The van der Waals surface area contributed by atoms with Crippen LogP contribution >= 0.6 is 0 Å². The number of rotatable bonds is 6. The van der Waals surface area contributed by atoms with E-state index in [2.05, 4.69) is 37.3 Å². The van der Waals surface area contributed by atoms with Crippen molar-refractivity contribution in [2.75, 3.05) is 19.8 Å². The number of aryl methyl sites for hydroxylation is 1. The summed E-state index contributed by atoms with van der Waals surface area (Å²) >= 11 is 0. The van der Waals surface area contributed by atoms with Gasteiger partial charge in [-0.1, -0.05) is 30.3 Å². The summed E-state index contributed by atoms with van der Waals surface area (Å²) < 4.78 is 17.3. The van der Waals surface area contributed by atoms with Crippen molar-refractivity contribution in [2.45, 2.75) is 57.0 Å². The van der Waals surface area contributed by atoms with Crippen molar-refractivity contribution in [1.29, 1.82) is 0 Å². The summed E-state index contributed by atoms with van der Waals surface area (Å²) in [6.45, 7) is 3.50. The molecule has 4 rings (SSSR count). The molecule has 2 aromatic rings. The molecule has 2 unspecified atom stereocenters. The third-order valence-corrected chi connectivity index (χ3v) is 5.84. The lowest BCUT2D eigenvalue weighted by molar-refractivity contribution is -0.113. The Hall–Kier alpha value is -1.92. The lowest BCUT2D eigenvalue weighted by atomic mass is 9.92. The maximum atomic E-state index is 10.1. The maximum Gasteiger partial charge on any atom is 0.124 e. The third-order valence-electron chi connectivity index (χ3n) is 5.84. The Kier molecular flexibility index (Phi) is 6.50. The predicted octanol–water partition coefficient (Wildman–Crippen LogP) is 3.33. The van der Waals surface area contributed by atoms with Gasteiger partial charge in [-0.3, -0.25) is 0 Å². The Bertz CT molecular complexity index is 797. The fraction of sp³-hybridized carbons (Fsp3) is 0.500. The topological polar surface area (TPSA) is 68.2 Å². The predicted molar refractivity (Wildman–Crippen MR) is 110 cm³/mol. The number of ether oxygens (including phenoxy) is 3. The van der Waals surface area contributed by atoms with Gasteiger partial charge in [-0.25, -0.2) is 0 Å². The molecule has 0 saturated carbocycles. The second-order valence-corrected chi connectivity index (χ2v) is 8.16. The monoisotopic (exact) mass is 398 g/mol. The summed E-state index contributed by atoms with van der Waals surface area (Å²) in [4.78, 5) is 0. The van der Waals surface area contributed by atoms with Gasteiger partial charge in [-0.05, 0) is 47.7 Å². The number of hydrogen-bond acceptors (Lipinski definition) is 5. The Morgan fingerprint density at radius 1 is 1.10 bits per heavy atom. The van der Waals surface area contributed by atoms with Crippen LogP contribution in [-0.2, 0) is 15.9 Å². The zero-order valence-corrected chi connectivity index (χ0v) is 16.9. The van der Waals surface area contributed by atoms with Gasteiger partial charge in [0, 0.05) is 19.3 Å². The highest BCUT2D eigenvalue weighted by atomic mass is 16.5. The van der Waals surface area contributed by atoms with Gasteiger partial charge >= 0.3 is 0 Å². The fourth-order valence-electron chi connectivity index (χ4n) is 4.11. The van der Waals surface area contributed by atoms with E-state index in [9.17, 15) is 10.2 Å². The van der Waals surface area contributed by atoms with Crippen molar-refractivity contribution in [3.05, 3.63) is 64.7 Å². The van der Waals surface area contributed by atoms with Crippen LogP contribution in [0.2, 0.25) is 0 Å². The third kappa shape index (κ3) is 5.17. The van der Waals surface area contributed by atoms with Crippen LogP contribution < -0.4 is 4.74 Å². The molecule has 2 N–H and O–H groups in total. The summed E-state index contributed by atoms with van der Waals surface area (Å²) in [5, 5.41) is 19.5. The van der Waals surface area contributed by atoms with Crippen LogP contribution in [0.3, 0.4) is 0 Å². The van der Waals surface area contributed by atoms with E-state index in [1.165, 1.54) is 16.7 Å². The number of hydrogen-bond donors (Lipinski definition) is 2. The molecule has 29 heavy (non-hydrogen) atoms. The van der Waals surface area contributed by atoms with E-state index in [0.717, 1.165) is 30.8 Å². The molecule has 2 heterocycles. The summed E-state index contributed by atoms with van der Waals surface area (Å²) in [6.07, 6.45) is 2.07. The lowest BCUT2D eigenvalue weighted by Gasteiger charge is -2.32. The quantitative estimate of drug-likeness (QED) is 0.781. The molecule has 0 spiro atoms. The minimum absolute atomic E-state index is 0.0618. The molecule has 0 bridgehead atoms. The zero-order chi connectivity index (χ0) is 20.2.